The number of carbonyl (C=O) groups is 1. The molecule has 5 nitrogen and oxygen atoms in total. The maximum absolute atomic E-state index is 12.6. The summed E-state index contributed by atoms with van der Waals surface area (Å²) in [5.41, 5.74) is 2.21. The summed E-state index contributed by atoms with van der Waals surface area (Å²) in [4.78, 5) is 19.5. The van der Waals surface area contributed by atoms with Gasteiger partial charge < -0.3 is 15.3 Å². The van der Waals surface area contributed by atoms with E-state index in [9.17, 15) is 9.90 Å². The van der Waals surface area contributed by atoms with Crippen molar-refractivity contribution in [3.8, 4) is 0 Å². The summed E-state index contributed by atoms with van der Waals surface area (Å²) in [5, 5.41) is 13.7. The van der Waals surface area contributed by atoms with Crippen molar-refractivity contribution in [1.82, 2.24) is 15.2 Å². The topological polar surface area (TPSA) is 65.5 Å². The number of benzene rings is 1. The lowest BCUT2D eigenvalue weighted by atomic mass is 9.99. The fourth-order valence-corrected chi connectivity index (χ4v) is 3.79. The van der Waals surface area contributed by atoms with Crippen LogP contribution in [0.5, 0.6) is 0 Å². The molecule has 1 aliphatic rings. The Labute approximate surface area is 159 Å². The number of aromatic nitrogens is 1. The minimum atomic E-state index is -0.0883. The molecule has 0 unspecified atom stereocenters. The molecule has 0 aliphatic carbocycles. The van der Waals surface area contributed by atoms with Crippen LogP contribution in [-0.2, 0) is 0 Å². The van der Waals surface area contributed by atoms with Crippen LogP contribution in [0.3, 0.4) is 0 Å². The van der Waals surface area contributed by atoms with E-state index in [0.717, 1.165) is 55.5 Å². The molecule has 0 radical (unpaired) electrons. The molecule has 6 heteroatoms. The fraction of sp³-hybridized carbons (Fsp3) is 0.500. The number of rotatable bonds is 6. The van der Waals surface area contributed by atoms with Crippen molar-refractivity contribution in [1.29, 1.82) is 0 Å². The molecule has 1 saturated heterocycles. The molecule has 0 spiro atoms. The van der Waals surface area contributed by atoms with E-state index in [1.165, 1.54) is 0 Å². The first-order chi connectivity index (χ1) is 12.6. The Morgan fingerprint density at radius 2 is 2.27 bits per heavy atom. The lowest BCUT2D eigenvalue weighted by Crippen LogP contribution is -2.38. The molecule has 1 aliphatic heterocycles. The van der Waals surface area contributed by atoms with E-state index in [2.05, 4.69) is 15.2 Å². The number of aryl methyl sites for hydroxylation is 1. The lowest BCUT2D eigenvalue weighted by molar-refractivity contribution is 0.0948. The zero-order valence-electron chi connectivity index (χ0n) is 15.2. The highest BCUT2D eigenvalue weighted by molar-refractivity contribution is 6.31. The summed E-state index contributed by atoms with van der Waals surface area (Å²) in [6.45, 7) is 5.76. The van der Waals surface area contributed by atoms with Gasteiger partial charge >= 0.3 is 0 Å². The largest absolute Gasteiger partial charge is 0.396 e. The minimum Gasteiger partial charge on any atom is -0.396 e. The maximum Gasteiger partial charge on any atom is 0.252 e. The van der Waals surface area contributed by atoms with Crippen molar-refractivity contribution in [3.63, 3.8) is 0 Å². The Morgan fingerprint density at radius 1 is 1.42 bits per heavy atom. The quantitative estimate of drug-likeness (QED) is 0.762. The van der Waals surface area contributed by atoms with E-state index in [0.29, 0.717) is 23.0 Å². The van der Waals surface area contributed by atoms with E-state index < -0.39 is 0 Å². The number of nitrogens with zero attached hydrogens (tertiary/aromatic N) is 2. The van der Waals surface area contributed by atoms with Crippen LogP contribution in [0.15, 0.2) is 24.3 Å². The summed E-state index contributed by atoms with van der Waals surface area (Å²) >= 11 is 6.09. The number of pyridine rings is 1. The molecule has 0 bridgehead atoms. The SMILES string of the molecule is Cc1cc(C(=O)NCCCN2CCC[C@H](CO)C2)c2cc(Cl)ccc2n1. The predicted octanol–water partition coefficient (Wildman–Crippen LogP) is 3.02. The Hall–Kier alpha value is -1.69. The fourth-order valence-electron chi connectivity index (χ4n) is 3.62. The summed E-state index contributed by atoms with van der Waals surface area (Å²) in [6.07, 6.45) is 3.15. The van der Waals surface area contributed by atoms with E-state index in [1.54, 1.807) is 12.1 Å². The van der Waals surface area contributed by atoms with E-state index in [1.807, 2.05) is 19.1 Å². The number of halogens is 1. The third kappa shape index (κ3) is 4.72. The second-order valence-corrected chi connectivity index (χ2v) is 7.51. The smallest absolute Gasteiger partial charge is 0.252 e. The first-order valence-electron chi connectivity index (χ1n) is 9.25. The minimum absolute atomic E-state index is 0.0883. The average Bonchev–Trinajstić information content (AvgIpc) is 2.65. The second kappa shape index (κ2) is 8.80. The van der Waals surface area contributed by atoms with Crippen molar-refractivity contribution in [3.05, 3.63) is 40.5 Å². The molecule has 1 amide bonds. The van der Waals surface area contributed by atoms with Crippen LogP contribution < -0.4 is 5.32 Å². The van der Waals surface area contributed by atoms with E-state index in [4.69, 9.17) is 11.6 Å². The van der Waals surface area contributed by atoms with Gasteiger partial charge in [-0.1, -0.05) is 11.6 Å². The van der Waals surface area contributed by atoms with Crippen LogP contribution in [0.2, 0.25) is 5.02 Å². The number of piperidine rings is 1. The van der Waals surface area contributed by atoms with Gasteiger partial charge in [-0.2, -0.15) is 0 Å². The van der Waals surface area contributed by atoms with Crippen LogP contribution >= 0.6 is 11.6 Å². The van der Waals surface area contributed by atoms with E-state index in [-0.39, 0.29) is 12.5 Å². The monoisotopic (exact) mass is 375 g/mol. The summed E-state index contributed by atoms with van der Waals surface area (Å²) < 4.78 is 0. The van der Waals surface area contributed by atoms with Crippen LogP contribution in [0.1, 0.15) is 35.3 Å². The van der Waals surface area contributed by atoms with Crippen LogP contribution in [0.4, 0.5) is 0 Å². The third-order valence-electron chi connectivity index (χ3n) is 4.94. The van der Waals surface area contributed by atoms with Crippen molar-refractivity contribution >= 4 is 28.4 Å². The Bertz CT molecular complexity index is 781. The molecule has 26 heavy (non-hydrogen) atoms. The molecule has 140 valence electrons. The molecule has 2 aromatic rings. The molecule has 1 fully saturated rings. The third-order valence-corrected chi connectivity index (χ3v) is 5.18. The number of nitrogens with one attached hydrogen (secondary N) is 1. The summed E-state index contributed by atoms with van der Waals surface area (Å²) in [6, 6.07) is 7.23. The Kier molecular flexibility index (Phi) is 6.46. The number of hydrogen-bond acceptors (Lipinski definition) is 4. The predicted molar refractivity (Wildman–Crippen MR) is 105 cm³/mol. The standard InChI is InChI=1S/C20H26ClN3O2/c1-14-10-18(17-11-16(21)5-6-19(17)23-14)20(26)22-7-3-9-24-8-2-4-15(12-24)13-25/h5-6,10-11,15,25H,2-4,7-9,12-13H2,1H3,(H,22,26)/t15-/m0/s1. The number of amides is 1. The molecule has 1 aromatic carbocycles. The van der Waals surface area contributed by atoms with Crippen LogP contribution in [0.25, 0.3) is 10.9 Å². The normalized spacial score (nSPS) is 18.2. The summed E-state index contributed by atoms with van der Waals surface area (Å²) in [7, 11) is 0. The number of fused-ring (bicyclic) bond motifs is 1. The average molecular weight is 376 g/mol. The van der Waals surface area contributed by atoms with Gasteiger partial charge in [0.05, 0.1) is 11.1 Å². The Morgan fingerprint density at radius 3 is 3.08 bits per heavy atom. The number of hydrogen-bond donors (Lipinski definition) is 2. The molecule has 1 aromatic heterocycles. The highest BCUT2D eigenvalue weighted by Gasteiger charge is 2.18. The number of likely N-dealkylation sites (tertiary alicyclic amines) is 1. The molecule has 0 saturated carbocycles. The molecule has 1 atom stereocenters. The van der Waals surface area contributed by atoms with Gasteiger partial charge in [0, 0.05) is 35.8 Å². The number of carbonyl (C=O) groups excluding carboxylic acids is 1. The van der Waals surface area contributed by atoms with Gasteiger partial charge in [-0.15, -0.1) is 0 Å². The maximum atomic E-state index is 12.6. The van der Waals surface area contributed by atoms with Crippen LogP contribution in [-0.4, -0.2) is 53.7 Å². The first-order valence-corrected chi connectivity index (χ1v) is 9.63. The van der Waals surface area contributed by atoms with Crippen molar-refractivity contribution < 1.29 is 9.90 Å². The molecular weight excluding hydrogens is 350 g/mol. The zero-order chi connectivity index (χ0) is 18.5. The van der Waals surface area contributed by atoms with Gasteiger partial charge in [0.15, 0.2) is 0 Å². The van der Waals surface area contributed by atoms with E-state index >= 15 is 0 Å². The second-order valence-electron chi connectivity index (χ2n) is 7.07. The molecular formula is C20H26ClN3O2. The summed E-state index contributed by atoms with van der Waals surface area (Å²) in [5.74, 6) is 0.309. The van der Waals surface area contributed by atoms with Gasteiger partial charge in [0.2, 0.25) is 0 Å². The van der Waals surface area contributed by atoms with Crippen molar-refractivity contribution in [2.45, 2.75) is 26.2 Å². The van der Waals surface area contributed by atoms with Gasteiger partial charge in [0.25, 0.3) is 5.91 Å². The van der Waals surface area contributed by atoms with Crippen molar-refractivity contribution in [2.24, 2.45) is 5.92 Å². The number of aliphatic hydroxyl groups excluding tert-OH is 1. The zero-order valence-corrected chi connectivity index (χ0v) is 15.9. The lowest BCUT2D eigenvalue weighted by Gasteiger charge is -2.31. The Balaban J connectivity index is 1.57. The highest BCUT2D eigenvalue weighted by atomic mass is 35.5. The first kappa shape index (κ1) is 19.1. The van der Waals surface area contributed by atoms with Gasteiger partial charge in [-0.25, -0.2) is 0 Å². The molecule has 2 heterocycles. The molecule has 3 rings (SSSR count). The van der Waals surface area contributed by atoms with Gasteiger partial charge in [0.1, 0.15) is 0 Å². The van der Waals surface area contributed by atoms with Crippen molar-refractivity contribution in [2.75, 3.05) is 32.8 Å². The molecule has 2 N–H and O–H groups in total. The van der Waals surface area contributed by atoms with Gasteiger partial charge in [-0.05, 0) is 69.5 Å². The van der Waals surface area contributed by atoms with Crippen LogP contribution in [0, 0.1) is 12.8 Å². The highest BCUT2D eigenvalue weighted by Crippen LogP contribution is 2.22. The number of aliphatic hydroxyl groups is 1. The van der Waals surface area contributed by atoms with Gasteiger partial charge in [-0.3, -0.25) is 9.78 Å².